The fraction of sp³-hybridized carbons (Fsp3) is 0.267. The van der Waals surface area contributed by atoms with Crippen molar-refractivity contribution in [2.45, 2.75) is 6.42 Å². The molecule has 1 aromatic carbocycles. The molecule has 1 aromatic heterocycles. The number of hydrogen-bond acceptors (Lipinski definition) is 4. The van der Waals surface area contributed by atoms with Crippen LogP contribution < -0.4 is 5.32 Å². The lowest BCUT2D eigenvalue weighted by Gasteiger charge is -2.13. The molecule has 0 aliphatic carbocycles. The van der Waals surface area contributed by atoms with Crippen molar-refractivity contribution in [3.8, 4) is 0 Å². The highest BCUT2D eigenvalue weighted by atomic mass is 32.2. The van der Waals surface area contributed by atoms with Crippen LogP contribution in [0.1, 0.15) is 6.42 Å². The molecule has 1 N–H and O–H groups in total. The molecule has 21 heavy (non-hydrogen) atoms. The van der Waals surface area contributed by atoms with Crippen LogP contribution in [0, 0.1) is 0 Å². The number of benzene rings is 1. The molecule has 0 bridgehead atoms. The summed E-state index contributed by atoms with van der Waals surface area (Å²) in [6.07, 6.45) is 0.292. The van der Waals surface area contributed by atoms with Gasteiger partial charge in [0.1, 0.15) is 5.82 Å². The largest absolute Gasteiger partial charge is 0.332 e. The molecule has 2 amide bonds. The molecule has 0 unspecified atom stereocenters. The normalized spacial score (nSPS) is 14.7. The zero-order valence-electron chi connectivity index (χ0n) is 11.4. The summed E-state index contributed by atoms with van der Waals surface area (Å²) in [5.41, 5.74) is 0.849. The molecule has 0 saturated carbocycles. The number of anilines is 1. The summed E-state index contributed by atoms with van der Waals surface area (Å²) >= 11 is 1.31. The van der Waals surface area contributed by atoms with Gasteiger partial charge in [-0.3, -0.25) is 9.59 Å². The van der Waals surface area contributed by atoms with Crippen molar-refractivity contribution in [2.24, 2.45) is 0 Å². The highest BCUT2D eigenvalue weighted by molar-refractivity contribution is 8.13. The van der Waals surface area contributed by atoms with Gasteiger partial charge in [-0.15, -0.1) is 0 Å². The van der Waals surface area contributed by atoms with Gasteiger partial charge in [0.15, 0.2) is 0 Å². The van der Waals surface area contributed by atoms with E-state index in [0.717, 1.165) is 23.2 Å². The number of carbonyl (C=O) groups is 2. The van der Waals surface area contributed by atoms with E-state index in [-0.39, 0.29) is 11.1 Å². The van der Waals surface area contributed by atoms with Crippen molar-refractivity contribution in [2.75, 3.05) is 24.2 Å². The molecule has 3 rings (SSSR count). The first-order valence-electron chi connectivity index (χ1n) is 6.80. The number of rotatable bonds is 4. The monoisotopic (exact) mass is 301 g/mol. The predicted molar refractivity (Wildman–Crippen MR) is 84.4 cm³/mol. The number of nitrogens with one attached hydrogen (secondary N) is 1. The fourth-order valence-corrected chi connectivity index (χ4v) is 3.06. The summed E-state index contributed by atoms with van der Waals surface area (Å²) in [6, 6.07) is 11.5. The summed E-state index contributed by atoms with van der Waals surface area (Å²) in [7, 11) is 0. The highest BCUT2D eigenvalue weighted by Crippen LogP contribution is 2.18. The Balaban J connectivity index is 1.59. The number of thioether (sulfide) groups is 1. The van der Waals surface area contributed by atoms with Gasteiger partial charge in [-0.2, -0.15) is 0 Å². The number of aromatic nitrogens is 1. The van der Waals surface area contributed by atoms with E-state index in [1.165, 1.54) is 11.8 Å². The molecule has 2 heterocycles. The van der Waals surface area contributed by atoms with Crippen LogP contribution in [-0.2, 0) is 4.79 Å². The Morgan fingerprint density at radius 3 is 2.95 bits per heavy atom. The van der Waals surface area contributed by atoms with Crippen LogP contribution >= 0.6 is 11.8 Å². The highest BCUT2D eigenvalue weighted by Gasteiger charge is 2.21. The third-order valence-electron chi connectivity index (χ3n) is 3.32. The zero-order valence-corrected chi connectivity index (χ0v) is 12.2. The van der Waals surface area contributed by atoms with Gasteiger partial charge in [0.25, 0.3) is 5.24 Å². The van der Waals surface area contributed by atoms with Crippen LogP contribution in [0.4, 0.5) is 10.6 Å². The van der Waals surface area contributed by atoms with E-state index >= 15 is 0 Å². The fourth-order valence-electron chi connectivity index (χ4n) is 2.21. The lowest BCUT2D eigenvalue weighted by atomic mass is 10.2. The molecule has 0 atom stereocenters. The molecule has 108 valence electrons. The standard InChI is InChI=1S/C15H15N3O2S/c19-14(7-8-18-9-10-21-15(18)20)17-13-6-5-11-3-1-2-4-12(11)16-13/h1-6H,7-10H2,(H,16,17,19). The Labute approximate surface area is 126 Å². The summed E-state index contributed by atoms with van der Waals surface area (Å²) in [6.45, 7) is 1.19. The van der Waals surface area contributed by atoms with Crippen molar-refractivity contribution in [1.29, 1.82) is 0 Å². The second kappa shape index (κ2) is 6.13. The molecule has 2 aromatic rings. The lowest BCUT2D eigenvalue weighted by Crippen LogP contribution is -2.27. The third kappa shape index (κ3) is 3.33. The molecule has 1 aliphatic heterocycles. The van der Waals surface area contributed by atoms with Crippen molar-refractivity contribution in [1.82, 2.24) is 9.88 Å². The number of carbonyl (C=O) groups excluding carboxylic acids is 2. The average Bonchev–Trinajstić information content (AvgIpc) is 2.90. The average molecular weight is 301 g/mol. The van der Waals surface area contributed by atoms with Crippen LogP contribution in [0.3, 0.4) is 0 Å². The van der Waals surface area contributed by atoms with Gasteiger partial charge >= 0.3 is 0 Å². The molecule has 6 heteroatoms. The van der Waals surface area contributed by atoms with Gasteiger partial charge in [-0.25, -0.2) is 4.98 Å². The van der Waals surface area contributed by atoms with E-state index in [4.69, 9.17) is 0 Å². The maximum absolute atomic E-state index is 11.9. The molecule has 0 radical (unpaired) electrons. The Morgan fingerprint density at radius 1 is 1.29 bits per heavy atom. The number of amides is 2. The Bertz CT molecular complexity index is 689. The van der Waals surface area contributed by atoms with E-state index in [9.17, 15) is 9.59 Å². The van der Waals surface area contributed by atoms with Gasteiger partial charge in [0.05, 0.1) is 5.52 Å². The lowest BCUT2D eigenvalue weighted by molar-refractivity contribution is -0.116. The summed E-state index contributed by atoms with van der Waals surface area (Å²) in [5.74, 6) is 1.23. The second-order valence-corrected chi connectivity index (χ2v) is 5.83. The molecule has 1 saturated heterocycles. The van der Waals surface area contributed by atoms with Crippen LogP contribution in [-0.4, -0.2) is 39.9 Å². The minimum atomic E-state index is -0.123. The predicted octanol–water partition coefficient (Wildman–Crippen LogP) is 2.73. The van der Waals surface area contributed by atoms with Gasteiger partial charge in [-0.05, 0) is 18.2 Å². The molecule has 0 spiro atoms. The number of para-hydroxylation sites is 1. The Kier molecular flexibility index (Phi) is 4.06. The van der Waals surface area contributed by atoms with Crippen LogP contribution in [0.5, 0.6) is 0 Å². The van der Waals surface area contributed by atoms with Gasteiger partial charge in [0, 0.05) is 30.6 Å². The van der Waals surface area contributed by atoms with Gasteiger partial charge < -0.3 is 10.2 Å². The summed E-state index contributed by atoms with van der Waals surface area (Å²) in [5, 5.41) is 3.88. The van der Waals surface area contributed by atoms with E-state index < -0.39 is 0 Å². The smallest absolute Gasteiger partial charge is 0.281 e. The topological polar surface area (TPSA) is 62.3 Å². The maximum atomic E-state index is 11.9. The van der Waals surface area contributed by atoms with Crippen LogP contribution in [0.2, 0.25) is 0 Å². The van der Waals surface area contributed by atoms with Crippen molar-refractivity contribution >= 4 is 39.6 Å². The van der Waals surface area contributed by atoms with Gasteiger partial charge in [0.2, 0.25) is 5.91 Å². The first kappa shape index (κ1) is 13.9. The Morgan fingerprint density at radius 2 is 2.14 bits per heavy atom. The molecule has 5 nitrogen and oxygen atoms in total. The first-order chi connectivity index (χ1) is 10.2. The van der Waals surface area contributed by atoms with E-state index in [1.54, 1.807) is 11.0 Å². The number of nitrogens with zero attached hydrogens (tertiary/aromatic N) is 2. The molecular formula is C15H15N3O2S. The maximum Gasteiger partial charge on any atom is 0.281 e. The Hall–Kier alpha value is -2.08. The van der Waals surface area contributed by atoms with Gasteiger partial charge in [-0.1, -0.05) is 30.0 Å². The summed E-state index contributed by atoms with van der Waals surface area (Å²) in [4.78, 5) is 29.5. The minimum absolute atomic E-state index is 0.0617. The summed E-state index contributed by atoms with van der Waals surface area (Å²) < 4.78 is 0. The van der Waals surface area contributed by atoms with Crippen LogP contribution in [0.15, 0.2) is 36.4 Å². The molecule has 1 aliphatic rings. The zero-order chi connectivity index (χ0) is 14.7. The minimum Gasteiger partial charge on any atom is -0.332 e. The molecular weight excluding hydrogens is 286 g/mol. The van der Waals surface area contributed by atoms with E-state index in [1.807, 2.05) is 30.3 Å². The second-order valence-electron chi connectivity index (χ2n) is 4.79. The van der Waals surface area contributed by atoms with E-state index in [0.29, 0.717) is 18.8 Å². The van der Waals surface area contributed by atoms with Crippen molar-refractivity contribution in [3.63, 3.8) is 0 Å². The van der Waals surface area contributed by atoms with Crippen molar-refractivity contribution in [3.05, 3.63) is 36.4 Å². The van der Waals surface area contributed by atoms with E-state index in [2.05, 4.69) is 10.3 Å². The number of hydrogen-bond donors (Lipinski definition) is 1. The number of pyridine rings is 1. The van der Waals surface area contributed by atoms with Crippen molar-refractivity contribution < 1.29 is 9.59 Å². The molecule has 1 fully saturated rings. The number of fused-ring (bicyclic) bond motifs is 1. The third-order valence-corrected chi connectivity index (χ3v) is 4.21. The quantitative estimate of drug-likeness (QED) is 0.943. The SMILES string of the molecule is O=C(CCN1CCSC1=O)Nc1ccc2ccccc2n1. The van der Waals surface area contributed by atoms with Crippen LogP contribution in [0.25, 0.3) is 10.9 Å². The first-order valence-corrected chi connectivity index (χ1v) is 7.78.